The van der Waals surface area contributed by atoms with Crippen molar-refractivity contribution in [1.82, 2.24) is 19.9 Å². The van der Waals surface area contributed by atoms with Gasteiger partial charge in [0, 0.05) is 35.7 Å². The number of hydrogen-bond acceptors (Lipinski definition) is 4. The summed E-state index contributed by atoms with van der Waals surface area (Å²) in [7, 11) is 0. The molecular formula is C22H22ClN5O2. The van der Waals surface area contributed by atoms with Gasteiger partial charge in [0.1, 0.15) is 5.56 Å². The lowest BCUT2D eigenvalue weighted by Crippen LogP contribution is -2.43. The van der Waals surface area contributed by atoms with Crippen LogP contribution in [0.1, 0.15) is 42.5 Å². The highest BCUT2D eigenvalue weighted by atomic mass is 35.5. The molecule has 1 N–H and O–H groups in total. The predicted octanol–water partition coefficient (Wildman–Crippen LogP) is 3.48. The van der Waals surface area contributed by atoms with Crippen molar-refractivity contribution in [1.29, 1.82) is 0 Å². The second-order valence-electron chi connectivity index (χ2n) is 8.16. The van der Waals surface area contributed by atoms with E-state index < -0.39 is 0 Å². The molecule has 2 amide bonds. The van der Waals surface area contributed by atoms with E-state index in [0.29, 0.717) is 22.8 Å². The maximum absolute atomic E-state index is 13.2. The Morgan fingerprint density at radius 1 is 1.20 bits per heavy atom. The van der Waals surface area contributed by atoms with Gasteiger partial charge in [-0.3, -0.25) is 9.59 Å². The zero-order chi connectivity index (χ0) is 20.7. The zero-order valence-corrected chi connectivity index (χ0v) is 17.2. The van der Waals surface area contributed by atoms with Gasteiger partial charge < -0.3 is 10.2 Å². The fraction of sp³-hybridized carbons (Fsp3) is 0.364. The Morgan fingerprint density at radius 2 is 2.03 bits per heavy atom. The normalized spacial score (nSPS) is 24.0. The first-order chi connectivity index (χ1) is 14.6. The molecule has 3 heterocycles. The summed E-state index contributed by atoms with van der Waals surface area (Å²) in [6, 6.07) is 9.28. The maximum atomic E-state index is 13.2. The molecule has 1 aromatic carbocycles. The number of nitrogens with zero attached hydrogens (tertiary/aromatic N) is 4. The number of nitrogens with one attached hydrogen (secondary N) is 1. The molecule has 5 rings (SSSR count). The van der Waals surface area contributed by atoms with Crippen molar-refractivity contribution in [2.24, 2.45) is 5.41 Å². The minimum Gasteiger partial charge on any atom is -0.349 e. The summed E-state index contributed by atoms with van der Waals surface area (Å²) in [5, 5.41) is 7.92. The SMILES string of the molecule is O=C(NC1CCC2(CC1)CCN(c1cccc(Cl)c1)C2=O)c1cnn2cccnc12. The molecular weight excluding hydrogens is 402 g/mol. The molecule has 0 radical (unpaired) electrons. The molecule has 2 aromatic heterocycles. The van der Waals surface area contributed by atoms with Gasteiger partial charge in [-0.05, 0) is 56.4 Å². The van der Waals surface area contributed by atoms with Gasteiger partial charge in [0.05, 0.1) is 11.6 Å². The molecule has 0 unspecified atom stereocenters. The predicted molar refractivity (Wildman–Crippen MR) is 114 cm³/mol. The number of halogens is 1. The Hall–Kier alpha value is -2.93. The Kier molecular flexibility index (Phi) is 4.70. The van der Waals surface area contributed by atoms with Gasteiger partial charge in [0.25, 0.3) is 5.91 Å². The summed E-state index contributed by atoms with van der Waals surface area (Å²) in [6.07, 6.45) is 8.93. The molecule has 8 heteroatoms. The van der Waals surface area contributed by atoms with Crippen LogP contribution < -0.4 is 10.2 Å². The zero-order valence-electron chi connectivity index (χ0n) is 16.4. The lowest BCUT2D eigenvalue weighted by Gasteiger charge is -2.36. The van der Waals surface area contributed by atoms with Crippen LogP contribution in [0.2, 0.25) is 5.02 Å². The summed E-state index contributed by atoms with van der Waals surface area (Å²) >= 11 is 6.11. The minimum atomic E-state index is -0.324. The Balaban J connectivity index is 1.24. The minimum absolute atomic E-state index is 0.0507. The van der Waals surface area contributed by atoms with E-state index in [1.165, 1.54) is 0 Å². The number of rotatable bonds is 3. The Labute approximate surface area is 179 Å². The lowest BCUT2D eigenvalue weighted by atomic mass is 9.71. The first kappa shape index (κ1) is 19.1. The highest BCUT2D eigenvalue weighted by Crippen LogP contribution is 2.46. The lowest BCUT2D eigenvalue weighted by molar-refractivity contribution is -0.127. The second kappa shape index (κ2) is 7.40. The smallest absolute Gasteiger partial charge is 0.256 e. The molecule has 7 nitrogen and oxygen atoms in total. The van der Waals surface area contributed by atoms with E-state index in [4.69, 9.17) is 11.6 Å². The number of hydrogen-bond donors (Lipinski definition) is 1. The number of fused-ring (bicyclic) bond motifs is 1. The van der Waals surface area contributed by atoms with Crippen LogP contribution in [-0.2, 0) is 4.79 Å². The van der Waals surface area contributed by atoms with Gasteiger partial charge >= 0.3 is 0 Å². The van der Waals surface area contributed by atoms with E-state index in [2.05, 4.69) is 15.4 Å². The van der Waals surface area contributed by atoms with Gasteiger partial charge in [-0.25, -0.2) is 9.50 Å². The number of amides is 2. The van der Waals surface area contributed by atoms with Crippen molar-refractivity contribution in [3.05, 3.63) is 59.5 Å². The van der Waals surface area contributed by atoms with E-state index >= 15 is 0 Å². The van der Waals surface area contributed by atoms with Crippen molar-refractivity contribution in [2.75, 3.05) is 11.4 Å². The van der Waals surface area contributed by atoms with Gasteiger partial charge in [-0.2, -0.15) is 5.10 Å². The van der Waals surface area contributed by atoms with Crippen LogP contribution in [-0.4, -0.2) is 39.0 Å². The molecule has 2 fully saturated rings. The number of aromatic nitrogens is 3. The van der Waals surface area contributed by atoms with E-state index in [0.717, 1.165) is 37.8 Å². The fourth-order valence-corrected chi connectivity index (χ4v) is 4.92. The number of carbonyl (C=O) groups excluding carboxylic acids is 2. The highest BCUT2D eigenvalue weighted by Gasteiger charge is 2.48. The van der Waals surface area contributed by atoms with E-state index in [1.54, 1.807) is 29.2 Å². The average Bonchev–Trinajstić information content (AvgIpc) is 3.32. The molecule has 2 aliphatic rings. The van der Waals surface area contributed by atoms with Crippen LogP contribution in [0.25, 0.3) is 5.65 Å². The van der Waals surface area contributed by atoms with Crippen LogP contribution >= 0.6 is 11.6 Å². The monoisotopic (exact) mass is 423 g/mol. The molecule has 1 aliphatic heterocycles. The van der Waals surface area contributed by atoms with Crippen molar-refractivity contribution < 1.29 is 9.59 Å². The molecule has 30 heavy (non-hydrogen) atoms. The number of anilines is 1. The van der Waals surface area contributed by atoms with Crippen molar-refractivity contribution in [3.63, 3.8) is 0 Å². The largest absolute Gasteiger partial charge is 0.349 e. The van der Waals surface area contributed by atoms with Crippen molar-refractivity contribution in [2.45, 2.75) is 38.1 Å². The Morgan fingerprint density at radius 3 is 2.83 bits per heavy atom. The first-order valence-electron chi connectivity index (χ1n) is 10.2. The number of carbonyl (C=O) groups is 2. The standard InChI is InChI=1S/C22H22ClN5O2/c23-15-3-1-4-17(13-15)27-12-9-22(21(27)30)7-5-16(6-8-22)26-20(29)18-14-25-28-11-2-10-24-19(18)28/h1-4,10-11,13-14,16H,5-9,12H2,(H,26,29). The quantitative estimate of drug-likeness (QED) is 0.699. The molecule has 0 bridgehead atoms. The van der Waals surface area contributed by atoms with Crippen LogP contribution in [0.5, 0.6) is 0 Å². The van der Waals surface area contributed by atoms with Gasteiger partial charge in [0.15, 0.2) is 5.65 Å². The highest BCUT2D eigenvalue weighted by molar-refractivity contribution is 6.31. The Bertz CT molecular complexity index is 1120. The summed E-state index contributed by atoms with van der Waals surface area (Å²) in [5.74, 6) is 0.0179. The third-order valence-electron chi connectivity index (χ3n) is 6.43. The number of benzene rings is 1. The molecule has 3 aromatic rings. The summed E-state index contributed by atoms with van der Waals surface area (Å²) in [6.45, 7) is 0.713. The van der Waals surface area contributed by atoms with Crippen molar-refractivity contribution >= 4 is 34.7 Å². The van der Waals surface area contributed by atoms with Crippen LogP contribution in [0.4, 0.5) is 5.69 Å². The van der Waals surface area contributed by atoms with Crippen molar-refractivity contribution in [3.8, 4) is 0 Å². The topological polar surface area (TPSA) is 79.6 Å². The molecule has 1 saturated heterocycles. The fourth-order valence-electron chi connectivity index (χ4n) is 4.74. The molecule has 1 spiro atoms. The van der Waals surface area contributed by atoms with E-state index in [-0.39, 0.29) is 23.3 Å². The summed E-state index contributed by atoms with van der Waals surface area (Å²) in [4.78, 5) is 32.1. The first-order valence-corrected chi connectivity index (χ1v) is 10.6. The van der Waals surface area contributed by atoms with E-state index in [9.17, 15) is 9.59 Å². The van der Waals surface area contributed by atoms with Crippen LogP contribution in [0.3, 0.4) is 0 Å². The summed E-state index contributed by atoms with van der Waals surface area (Å²) < 4.78 is 1.59. The molecule has 154 valence electrons. The third-order valence-corrected chi connectivity index (χ3v) is 6.67. The molecule has 1 aliphatic carbocycles. The molecule has 0 atom stereocenters. The van der Waals surface area contributed by atoms with Gasteiger partial charge in [-0.15, -0.1) is 0 Å². The molecule has 1 saturated carbocycles. The van der Waals surface area contributed by atoms with E-state index in [1.807, 2.05) is 29.2 Å². The van der Waals surface area contributed by atoms with Crippen LogP contribution in [0.15, 0.2) is 48.9 Å². The maximum Gasteiger partial charge on any atom is 0.256 e. The average molecular weight is 424 g/mol. The van der Waals surface area contributed by atoms with Gasteiger partial charge in [-0.1, -0.05) is 17.7 Å². The third kappa shape index (κ3) is 3.23. The van der Waals surface area contributed by atoms with Gasteiger partial charge in [0.2, 0.25) is 5.91 Å². The second-order valence-corrected chi connectivity index (χ2v) is 8.60. The van der Waals surface area contributed by atoms with Crippen LogP contribution in [0, 0.1) is 5.41 Å². The summed E-state index contributed by atoms with van der Waals surface area (Å²) in [5.41, 5.74) is 1.56.